The highest BCUT2D eigenvalue weighted by molar-refractivity contribution is 5.13. The van der Waals surface area contributed by atoms with Crippen LogP contribution in [-0.2, 0) is 6.42 Å². The molecule has 0 aromatic carbocycles. The summed E-state index contributed by atoms with van der Waals surface area (Å²) in [4.78, 5) is 4.44. The van der Waals surface area contributed by atoms with Gasteiger partial charge < -0.3 is 5.11 Å². The molecule has 0 aliphatic heterocycles. The van der Waals surface area contributed by atoms with Gasteiger partial charge in [-0.1, -0.05) is 32.8 Å². The molecule has 1 N–H and O–H groups in total. The molecule has 0 amide bonds. The molecule has 2 heteroatoms. The Kier molecular flexibility index (Phi) is 4.62. The molecule has 0 spiro atoms. The Hall–Kier alpha value is -0.890. The van der Waals surface area contributed by atoms with Crippen LogP contribution in [0.4, 0.5) is 0 Å². The molecule has 1 heterocycles. The topological polar surface area (TPSA) is 33.1 Å². The van der Waals surface area contributed by atoms with E-state index in [-0.39, 0.29) is 11.5 Å². The second-order valence-electron chi connectivity index (χ2n) is 6.71. The minimum Gasteiger partial charge on any atom is -0.392 e. The van der Waals surface area contributed by atoms with Crippen molar-refractivity contribution in [3.05, 3.63) is 29.6 Å². The van der Waals surface area contributed by atoms with Crippen molar-refractivity contribution in [3.63, 3.8) is 0 Å². The fourth-order valence-electron chi connectivity index (χ4n) is 3.60. The molecular formula is C17H27NO. The quantitative estimate of drug-likeness (QED) is 0.872. The summed E-state index contributed by atoms with van der Waals surface area (Å²) in [5.74, 6) is 0.652. The lowest BCUT2D eigenvalue weighted by Crippen LogP contribution is -2.35. The maximum Gasteiger partial charge on any atom is 0.0651 e. The standard InChI is InChI=1S/C17H27NO/c1-13(2)11-17(8-4-5-9-17)16(19)10-15-7-6-14(3)12-18-15/h6-7,12-13,16,19H,4-5,8-11H2,1-3H3. The maximum absolute atomic E-state index is 10.7. The molecule has 1 aliphatic carbocycles. The van der Waals surface area contributed by atoms with E-state index in [1.54, 1.807) is 0 Å². The normalized spacial score (nSPS) is 19.8. The van der Waals surface area contributed by atoms with Crippen LogP contribution in [0.5, 0.6) is 0 Å². The van der Waals surface area contributed by atoms with Crippen LogP contribution in [-0.4, -0.2) is 16.2 Å². The fourth-order valence-corrected chi connectivity index (χ4v) is 3.60. The van der Waals surface area contributed by atoms with Gasteiger partial charge in [0.05, 0.1) is 6.10 Å². The van der Waals surface area contributed by atoms with Crippen LogP contribution < -0.4 is 0 Å². The third-order valence-corrected chi connectivity index (χ3v) is 4.50. The highest BCUT2D eigenvalue weighted by Gasteiger charge is 2.40. The van der Waals surface area contributed by atoms with E-state index in [1.165, 1.54) is 31.2 Å². The summed E-state index contributed by atoms with van der Waals surface area (Å²) in [6.45, 7) is 6.57. The van der Waals surface area contributed by atoms with Crippen LogP contribution in [0.2, 0.25) is 0 Å². The van der Waals surface area contributed by atoms with Gasteiger partial charge >= 0.3 is 0 Å². The highest BCUT2D eigenvalue weighted by Crippen LogP contribution is 2.46. The van der Waals surface area contributed by atoms with Crippen molar-refractivity contribution in [3.8, 4) is 0 Å². The van der Waals surface area contributed by atoms with Gasteiger partial charge in [0.2, 0.25) is 0 Å². The summed E-state index contributed by atoms with van der Waals surface area (Å²) < 4.78 is 0. The summed E-state index contributed by atoms with van der Waals surface area (Å²) in [6, 6.07) is 4.13. The molecule has 0 radical (unpaired) electrons. The maximum atomic E-state index is 10.7. The fraction of sp³-hybridized carbons (Fsp3) is 0.706. The first kappa shape index (κ1) is 14.5. The van der Waals surface area contributed by atoms with Crippen molar-refractivity contribution in [1.29, 1.82) is 0 Å². The molecule has 1 aliphatic rings. The Balaban J connectivity index is 2.07. The lowest BCUT2D eigenvalue weighted by molar-refractivity contribution is 0.0127. The average Bonchev–Trinajstić information content (AvgIpc) is 2.81. The Morgan fingerprint density at radius 2 is 1.95 bits per heavy atom. The Morgan fingerprint density at radius 3 is 2.47 bits per heavy atom. The number of aliphatic hydroxyl groups is 1. The van der Waals surface area contributed by atoms with Gasteiger partial charge in [0.25, 0.3) is 0 Å². The van der Waals surface area contributed by atoms with E-state index in [0.29, 0.717) is 12.3 Å². The van der Waals surface area contributed by atoms with Crippen molar-refractivity contribution in [2.24, 2.45) is 11.3 Å². The van der Waals surface area contributed by atoms with E-state index in [0.717, 1.165) is 12.1 Å². The number of hydrogen-bond donors (Lipinski definition) is 1. The van der Waals surface area contributed by atoms with E-state index >= 15 is 0 Å². The molecule has 1 fully saturated rings. The number of aliphatic hydroxyl groups excluding tert-OH is 1. The van der Waals surface area contributed by atoms with E-state index in [9.17, 15) is 5.11 Å². The molecular weight excluding hydrogens is 234 g/mol. The number of rotatable bonds is 5. The van der Waals surface area contributed by atoms with Crippen molar-refractivity contribution in [2.75, 3.05) is 0 Å². The molecule has 0 saturated heterocycles. The van der Waals surface area contributed by atoms with Gasteiger partial charge in [0.15, 0.2) is 0 Å². The zero-order valence-electron chi connectivity index (χ0n) is 12.5. The number of nitrogens with zero attached hydrogens (tertiary/aromatic N) is 1. The Bertz CT molecular complexity index is 390. The predicted molar refractivity (Wildman–Crippen MR) is 79.0 cm³/mol. The minimum atomic E-state index is -0.243. The molecule has 2 nitrogen and oxygen atoms in total. The van der Waals surface area contributed by atoms with E-state index < -0.39 is 0 Å². The van der Waals surface area contributed by atoms with E-state index in [1.807, 2.05) is 13.1 Å². The first-order valence-corrected chi connectivity index (χ1v) is 7.61. The first-order chi connectivity index (χ1) is 9.02. The predicted octanol–water partition coefficient (Wildman–Crippen LogP) is 3.90. The molecule has 1 saturated carbocycles. The summed E-state index contributed by atoms with van der Waals surface area (Å²) >= 11 is 0. The summed E-state index contributed by atoms with van der Waals surface area (Å²) in [7, 11) is 0. The smallest absolute Gasteiger partial charge is 0.0651 e. The summed E-state index contributed by atoms with van der Waals surface area (Å²) in [6.07, 6.45) is 8.39. The molecule has 1 aromatic rings. The number of pyridine rings is 1. The summed E-state index contributed by atoms with van der Waals surface area (Å²) in [5.41, 5.74) is 2.34. The molecule has 19 heavy (non-hydrogen) atoms. The molecule has 1 atom stereocenters. The number of aromatic nitrogens is 1. The van der Waals surface area contributed by atoms with E-state index in [2.05, 4.69) is 31.0 Å². The summed E-state index contributed by atoms with van der Waals surface area (Å²) in [5, 5.41) is 10.7. The first-order valence-electron chi connectivity index (χ1n) is 7.61. The van der Waals surface area contributed by atoms with Crippen molar-refractivity contribution in [2.45, 2.75) is 65.4 Å². The van der Waals surface area contributed by atoms with Crippen molar-refractivity contribution >= 4 is 0 Å². The Morgan fingerprint density at radius 1 is 1.26 bits per heavy atom. The van der Waals surface area contributed by atoms with Crippen molar-refractivity contribution < 1.29 is 5.11 Å². The molecule has 106 valence electrons. The SMILES string of the molecule is Cc1ccc(CC(O)C2(CC(C)C)CCCC2)nc1. The second-order valence-corrected chi connectivity index (χ2v) is 6.71. The van der Waals surface area contributed by atoms with Gasteiger partial charge in [-0.05, 0) is 49.1 Å². The minimum absolute atomic E-state index is 0.140. The van der Waals surface area contributed by atoms with Gasteiger partial charge in [-0.15, -0.1) is 0 Å². The van der Waals surface area contributed by atoms with Gasteiger partial charge in [-0.3, -0.25) is 4.98 Å². The molecule has 2 rings (SSSR count). The Labute approximate surface area is 117 Å². The highest BCUT2D eigenvalue weighted by atomic mass is 16.3. The molecule has 1 aromatic heterocycles. The van der Waals surface area contributed by atoms with Crippen LogP contribution in [0, 0.1) is 18.3 Å². The van der Waals surface area contributed by atoms with E-state index in [4.69, 9.17) is 0 Å². The lowest BCUT2D eigenvalue weighted by atomic mass is 9.72. The van der Waals surface area contributed by atoms with Crippen LogP contribution >= 0.6 is 0 Å². The van der Waals surface area contributed by atoms with Crippen LogP contribution in [0.15, 0.2) is 18.3 Å². The van der Waals surface area contributed by atoms with Crippen LogP contribution in [0.1, 0.15) is 57.2 Å². The number of hydrogen-bond acceptors (Lipinski definition) is 2. The van der Waals surface area contributed by atoms with Crippen LogP contribution in [0.25, 0.3) is 0 Å². The average molecular weight is 261 g/mol. The third kappa shape index (κ3) is 3.56. The number of aryl methyl sites for hydroxylation is 1. The largest absolute Gasteiger partial charge is 0.392 e. The lowest BCUT2D eigenvalue weighted by Gasteiger charge is -2.36. The third-order valence-electron chi connectivity index (χ3n) is 4.50. The molecule has 0 bridgehead atoms. The van der Waals surface area contributed by atoms with Gasteiger partial charge in [-0.25, -0.2) is 0 Å². The monoisotopic (exact) mass is 261 g/mol. The second kappa shape index (κ2) is 6.04. The van der Waals surface area contributed by atoms with Crippen LogP contribution in [0.3, 0.4) is 0 Å². The van der Waals surface area contributed by atoms with Crippen molar-refractivity contribution in [1.82, 2.24) is 4.98 Å². The zero-order chi connectivity index (χ0) is 13.9. The van der Waals surface area contributed by atoms with Gasteiger partial charge in [0.1, 0.15) is 0 Å². The zero-order valence-corrected chi connectivity index (χ0v) is 12.5. The molecule has 1 unspecified atom stereocenters. The van der Waals surface area contributed by atoms with Gasteiger partial charge in [-0.2, -0.15) is 0 Å². The van der Waals surface area contributed by atoms with Gasteiger partial charge in [0, 0.05) is 18.3 Å².